The minimum atomic E-state index is -0.753. The highest BCUT2D eigenvalue weighted by Gasteiger charge is 2.14. The van der Waals surface area contributed by atoms with Crippen LogP contribution in [-0.2, 0) is 16.1 Å². The summed E-state index contributed by atoms with van der Waals surface area (Å²) >= 11 is 5.97. The van der Waals surface area contributed by atoms with E-state index in [1.54, 1.807) is 30.3 Å². The smallest absolute Gasteiger partial charge is 0.309 e. The van der Waals surface area contributed by atoms with E-state index in [9.17, 15) is 14.7 Å². The molecule has 7 heteroatoms. The van der Waals surface area contributed by atoms with Crippen LogP contribution < -0.4 is 10.6 Å². The lowest BCUT2D eigenvalue weighted by Gasteiger charge is -2.10. The van der Waals surface area contributed by atoms with E-state index in [2.05, 4.69) is 10.6 Å². The lowest BCUT2D eigenvalue weighted by Crippen LogP contribution is -2.40. The quantitative estimate of drug-likeness (QED) is 0.701. The molecule has 6 nitrogen and oxygen atoms in total. The van der Waals surface area contributed by atoms with Gasteiger partial charge in [-0.15, -0.1) is 0 Å². The molecule has 0 saturated heterocycles. The minimum Gasteiger partial charge on any atom is -0.472 e. The number of nitrogens with one attached hydrogen (secondary N) is 2. The number of halogens is 1. The first-order valence-corrected chi connectivity index (χ1v) is 7.45. The Kier molecular flexibility index (Phi) is 6.19. The topological polar surface area (TPSA) is 91.6 Å². The van der Waals surface area contributed by atoms with E-state index < -0.39 is 17.9 Å². The van der Waals surface area contributed by atoms with Crippen molar-refractivity contribution in [1.29, 1.82) is 0 Å². The highest BCUT2D eigenvalue weighted by molar-refractivity contribution is 6.35. The zero-order chi connectivity index (χ0) is 16.7. The van der Waals surface area contributed by atoms with Crippen LogP contribution in [0.2, 0.25) is 5.02 Å². The van der Waals surface area contributed by atoms with Crippen molar-refractivity contribution in [2.45, 2.75) is 19.1 Å². The van der Waals surface area contributed by atoms with Crippen molar-refractivity contribution >= 4 is 23.4 Å². The Bertz CT molecular complexity index is 658. The summed E-state index contributed by atoms with van der Waals surface area (Å²) < 4.78 is 4.86. The van der Waals surface area contributed by atoms with Crippen LogP contribution in [0.3, 0.4) is 0 Å². The molecule has 0 spiro atoms. The Morgan fingerprint density at radius 3 is 2.61 bits per heavy atom. The Balaban J connectivity index is 1.71. The van der Waals surface area contributed by atoms with Gasteiger partial charge in [0.25, 0.3) is 0 Å². The average molecular weight is 337 g/mol. The second-order valence-corrected chi connectivity index (χ2v) is 5.30. The fourth-order valence-electron chi connectivity index (χ4n) is 1.93. The molecule has 23 heavy (non-hydrogen) atoms. The molecule has 0 aliphatic rings. The molecule has 0 fully saturated rings. The summed E-state index contributed by atoms with van der Waals surface area (Å²) in [6.45, 7) is 0.342. The molecular weight excluding hydrogens is 320 g/mol. The molecule has 2 aromatic rings. The van der Waals surface area contributed by atoms with E-state index in [1.807, 2.05) is 0 Å². The Hall–Kier alpha value is -2.31. The largest absolute Gasteiger partial charge is 0.472 e. The number of carbonyl (C=O) groups is 2. The highest BCUT2D eigenvalue weighted by Crippen LogP contribution is 2.16. The third-order valence-electron chi connectivity index (χ3n) is 3.23. The number of amides is 2. The number of benzene rings is 1. The van der Waals surface area contributed by atoms with Crippen molar-refractivity contribution in [2.75, 3.05) is 6.54 Å². The van der Waals surface area contributed by atoms with Crippen molar-refractivity contribution < 1.29 is 19.1 Å². The van der Waals surface area contributed by atoms with Gasteiger partial charge in [0.15, 0.2) is 0 Å². The molecule has 3 N–H and O–H groups in total. The first-order valence-electron chi connectivity index (χ1n) is 7.07. The van der Waals surface area contributed by atoms with Crippen LogP contribution in [0.4, 0.5) is 0 Å². The second-order valence-electron chi connectivity index (χ2n) is 4.89. The maximum atomic E-state index is 11.7. The van der Waals surface area contributed by atoms with E-state index in [0.717, 1.165) is 5.56 Å². The van der Waals surface area contributed by atoms with Crippen LogP contribution in [0.1, 0.15) is 23.7 Å². The third kappa shape index (κ3) is 5.12. The molecule has 2 amide bonds. The zero-order valence-electron chi connectivity index (χ0n) is 12.3. The van der Waals surface area contributed by atoms with Gasteiger partial charge in [0.2, 0.25) is 0 Å². The monoisotopic (exact) mass is 336 g/mol. The molecule has 2 rings (SSSR count). The van der Waals surface area contributed by atoms with E-state index >= 15 is 0 Å². The van der Waals surface area contributed by atoms with Crippen molar-refractivity contribution in [2.24, 2.45) is 0 Å². The molecule has 0 bridgehead atoms. The van der Waals surface area contributed by atoms with Crippen LogP contribution in [0, 0.1) is 0 Å². The Morgan fingerprint density at radius 1 is 1.17 bits per heavy atom. The van der Waals surface area contributed by atoms with Gasteiger partial charge < -0.3 is 20.2 Å². The average Bonchev–Trinajstić information content (AvgIpc) is 3.08. The van der Waals surface area contributed by atoms with Crippen molar-refractivity contribution in [1.82, 2.24) is 10.6 Å². The van der Waals surface area contributed by atoms with Crippen molar-refractivity contribution in [3.05, 3.63) is 59.0 Å². The number of hydrogen-bond acceptors (Lipinski definition) is 4. The summed E-state index contributed by atoms with van der Waals surface area (Å²) in [5.74, 6) is -1.50. The van der Waals surface area contributed by atoms with Gasteiger partial charge in [0.05, 0.1) is 18.6 Å². The van der Waals surface area contributed by atoms with Gasteiger partial charge in [-0.3, -0.25) is 9.59 Å². The van der Waals surface area contributed by atoms with Crippen LogP contribution in [0.25, 0.3) is 0 Å². The van der Waals surface area contributed by atoms with Gasteiger partial charge >= 0.3 is 11.8 Å². The summed E-state index contributed by atoms with van der Waals surface area (Å²) in [7, 11) is 0. The standard InChI is InChI=1S/C16H17ClN2O4/c17-13-4-2-1-3-11(13)9-19-16(22)15(21)18-7-5-14(20)12-6-8-23-10-12/h1-4,6,8,10,14,20H,5,7,9H2,(H,18,21)(H,19,22). The first-order chi connectivity index (χ1) is 11.1. The van der Waals surface area contributed by atoms with Gasteiger partial charge in [0.1, 0.15) is 0 Å². The van der Waals surface area contributed by atoms with Gasteiger partial charge in [-0.05, 0) is 24.1 Å². The fourth-order valence-corrected chi connectivity index (χ4v) is 2.13. The van der Waals surface area contributed by atoms with Gasteiger partial charge in [-0.25, -0.2) is 0 Å². The summed E-state index contributed by atoms with van der Waals surface area (Å²) in [6, 6.07) is 8.70. The summed E-state index contributed by atoms with van der Waals surface area (Å²) in [4.78, 5) is 23.3. The summed E-state index contributed by atoms with van der Waals surface area (Å²) in [6.07, 6.45) is 2.42. The van der Waals surface area contributed by atoms with E-state index in [-0.39, 0.29) is 19.5 Å². The maximum Gasteiger partial charge on any atom is 0.309 e. The highest BCUT2D eigenvalue weighted by atomic mass is 35.5. The summed E-state index contributed by atoms with van der Waals surface area (Å²) in [5, 5.41) is 15.3. The predicted octanol–water partition coefficient (Wildman–Crippen LogP) is 1.79. The molecule has 0 aliphatic heterocycles. The number of carbonyl (C=O) groups excluding carboxylic acids is 2. The summed E-state index contributed by atoms with van der Waals surface area (Å²) in [5.41, 5.74) is 1.35. The zero-order valence-corrected chi connectivity index (χ0v) is 13.0. The Morgan fingerprint density at radius 2 is 1.91 bits per heavy atom. The molecule has 1 aromatic carbocycles. The molecule has 1 heterocycles. The molecule has 1 unspecified atom stereocenters. The molecule has 0 radical (unpaired) electrons. The lowest BCUT2D eigenvalue weighted by atomic mass is 10.1. The van der Waals surface area contributed by atoms with E-state index in [0.29, 0.717) is 10.6 Å². The predicted molar refractivity (Wildman–Crippen MR) is 84.6 cm³/mol. The molecule has 1 aromatic heterocycles. The second kappa shape index (κ2) is 8.36. The molecule has 122 valence electrons. The normalized spacial score (nSPS) is 11.7. The van der Waals surface area contributed by atoms with Crippen molar-refractivity contribution in [3.8, 4) is 0 Å². The number of rotatable bonds is 6. The van der Waals surface area contributed by atoms with Crippen LogP contribution >= 0.6 is 11.6 Å². The number of aliphatic hydroxyl groups excluding tert-OH is 1. The molecule has 0 saturated carbocycles. The van der Waals surface area contributed by atoms with Crippen LogP contribution in [0.15, 0.2) is 47.3 Å². The maximum absolute atomic E-state index is 11.7. The van der Waals surface area contributed by atoms with Gasteiger partial charge in [-0.1, -0.05) is 29.8 Å². The molecular formula is C16H17ClN2O4. The third-order valence-corrected chi connectivity index (χ3v) is 3.60. The lowest BCUT2D eigenvalue weighted by molar-refractivity contribution is -0.139. The molecule has 1 atom stereocenters. The van der Waals surface area contributed by atoms with E-state index in [1.165, 1.54) is 12.5 Å². The number of furan rings is 1. The minimum absolute atomic E-state index is 0.170. The van der Waals surface area contributed by atoms with Crippen molar-refractivity contribution in [3.63, 3.8) is 0 Å². The van der Waals surface area contributed by atoms with Crippen LogP contribution in [-0.4, -0.2) is 23.5 Å². The number of hydrogen-bond donors (Lipinski definition) is 3. The first kappa shape index (κ1) is 17.1. The number of aliphatic hydroxyl groups is 1. The fraction of sp³-hybridized carbons (Fsp3) is 0.250. The van der Waals surface area contributed by atoms with Gasteiger partial charge in [0, 0.05) is 23.7 Å². The SMILES string of the molecule is O=C(NCCC(O)c1ccoc1)C(=O)NCc1ccccc1Cl. The van der Waals surface area contributed by atoms with Gasteiger partial charge in [-0.2, -0.15) is 0 Å². The van der Waals surface area contributed by atoms with Crippen LogP contribution in [0.5, 0.6) is 0 Å². The Labute approximate surface area is 138 Å². The van der Waals surface area contributed by atoms with E-state index in [4.69, 9.17) is 16.0 Å². The molecule has 0 aliphatic carbocycles.